The first-order valence-electron chi connectivity index (χ1n) is 14.3. The molecule has 0 saturated carbocycles. The molecule has 45 heavy (non-hydrogen) atoms. The Balaban J connectivity index is 1.17. The Morgan fingerprint density at radius 2 is 1.89 bits per heavy atom. The summed E-state index contributed by atoms with van der Waals surface area (Å²) in [5.41, 5.74) is 2.49. The molecule has 0 bridgehead atoms. The van der Waals surface area contributed by atoms with Crippen LogP contribution in [0.15, 0.2) is 67.3 Å². The second-order valence-corrected chi connectivity index (χ2v) is 11.7. The summed E-state index contributed by atoms with van der Waals surface area (Å²) in [7, 11) is 3.40. The minimum atomic E-state index is -0.558. The molecule has 1 aliphatic heterocycles. The minimum Gasteiger partial charge on any atom is -0.495 e. The maximum atomic E-state index is 15.3. The molecule has 1 aliphatic rings. The SMILES string of the molecule is COc1cc2ncnc(Nc3ccc(Oc4cccc(-c5cnn(C)c5)n4)cc3F)c2cc1NC1CN(C(=O)OC(C)(C)C)C1. The van der Waals surface area contributed by atoms with E-state index < -0.39 is 11.4 Å². The molecule has 0 unspecified atom stereocenters. The molecule has 0 radical (unpaired) electrons. The van der Waals surface area contributed by atoms with E-state index in [1.165, 1.54) is 12.4 Å². The van der Waals surface area contributed by atoms with Crippen LogP contribution >= 0.6 is 0 Å². The van der Waals surface area contributed by atoms with Gasteiger partial charge in [0.05, 0.1) is 41.9 Å². The number of fused-ring (bicyclic) bond motifs is 1. The molecule has 4 heterocycles. The van der Waals surface area contributed by atoms with Crippen molar-refractivity contribution in [2.24, 2.45) is 7.05 Å². The van der Waals surface area contributed by atoms with Gasteiger partial charge in [-0.3, -0.25) is 4.68 Å². The van der Waals surface area contributed by atoms with Crippen molar-refractivity contribution in [2.45, 2.75) is 32.4 Å². The van der Waals surface area contributed by atoms with E-state index in [2.05, 4.69) is 30.7 Å². The van der Waals surface area contributed by atoms with E-state index in [9.17, 15) is 4.79 Å². The van der Waals surface area contributed by atoms with Crippen molar-refractivity contribution in [2.75, 3.05) is 30.8 Å². The van der Waals surface area contributed by atoms with Gasteiger partial charge in [-0.2, -0.15) is 5.10 Å². The molecule has 2 N–H and O–H groups in total. The Morgan fingerprint density at radius 3 is 2.60 bits per heavy atom. The number of aryl methyl sites for hydroxylation is 1. The highest BCUT2D eigenvalue weighted by atomic mass is 19.1. The lowest BCUT2D eigenvalue weighted by atomic mass is 10.1. The Hall–Kier alpha value is -5.46. The van der Waals surface area contributed by atoms with E-state index >= 15 is 4.39 Å². The predicted molar refractivity (Wildman–Crippen MR) is 168 cm³/mol. The van der Waals surface area contributed by atoms with Crippen LogP contribution in [0.4, 0.5) is 26.4 Å². The fraction of sp³-hybridized carbons (Fsp3) is 0.281. The largest absolute Gasteiger partial charge is 0.495 e. The molecular formula is C32H33FN8O4. The summed E-state index contributed by atoms with van der Waals surface area (Å²) in [5.74, 6) is 1.07. The highest BCUT2D eigenvalue weighted by Gasteiger charge is 2.34. The van der Waals surface area contributed by atoms with Crippen molar-refractivity contribution in [3.8, 4) is 28.6 Å². The number of pyridine rings is 1. The molecule has 6 rings (SSSR count). The van der Waals surface area contributed by atoms with Crippen LogP contribution in [0.3, 0.4) is 0 Å². The van der Waals surface area contributed by atoms with Crippen LogP contribution < -0.4 is 20.1 Å². The number of aromatic nitrogens is 5. The van der Waals surface area contributed by atoms with E-state index in [-0.39, 0.29) is 17.8 Å². The highest BCUT2D eigenvalue weighted by molar-refractivity contribution is 5.95. The third kappa shape index (κ3) is 6.71. The van der Waals surface area contributed by atoms with Gasteiger partial charge in [0, 0.05) is 55.5 Å². The Kier molecular flexibility index (Phi) is 7.83. The number of anilines is 3. The molecular weight excluding hydrogens is 579 g/mol. The van der Waals surface area contributed by atoms with Gasteiger partial charge in [-0.25, -0.2) is 24.1 Å². The first-order valence-corrected chi connectivity index (χ1v) is 14.3. The summed E-state index contributed by atoms with van der Waals surface area (Å²) in [6, 6.07) is 13.5. The van der Waals surface area contributed by atoms with Gasteiger partial charge in [0.15, 0.2) is 0 Å². The van der Waals surface area contributed by atoms with Gasteiger partial charge in [-0.15, -0.1) is 0 Å². The number of hydrogen-bond acceptors (Lipinski definition) is 10. The predicted octanol–water partition coefficient (Wildman–Crippen LogP) is 6.14. The fourth-order valence-electron chi connectivity index (χ4n) is 4.83. The van der Waals surface area contributed by atoms with Crippen LogP contribution in [-0.2, 0) is 11.8 Å². The van der Waals surface area contributed by atoms with Crippen LogP contribution in [0.1, 0.15) is 20.8 Å². The quantitative estimate of drug-likeness (QED) is 0.211. The molecule has 0 spiro atoms. The van der Waals surface area contributed by atoms with Crippen molar-refractivity contribution < 1.29 is 23.4 Å². The molecule has 5 aromatic rings. The van der Waals surface area contributed by atoms with Crippen LogP contribution in [-0.4, -0.2) is 67.6 Å². The molecule has 1 saturated heterocycles. The van der Waals surface area contributed by atoms with Crippen molar-refractivity contribution >= 4 is 34.2 Å². The number of rotatable bonds is 8. The van der Waals surface area contributed by atoms with Crippen LogP contribution in [0.2, 0.25) is 0 Å². The molecule has 0 atom stereocenters. The second-order valence-electron chi connectivity index (χ2n) is 11.7. The number of hydrogen-bond donors (Lipinski definition) is 2. The molecule has 13 heteroatoms. The number of carbonyl (C=O) groups is 1. The van der Waals surface area contributed by atoms with Crippen molar-refractivity contribution in [3.05, 3.63) is 73.1 Å². The van der Waals surface area contributed by atoms with Crippen LogP contribution in [0.5, 0.6) is 17.4 Å². The van der Waals surface area contributed by atoms with E-state index in [1.54, 1.807) is 47.2 Å². The second kappa shape index (κ2) is 11.9. The van der Waals surface area contributed by atoms with E-state index in [4.69, 9.17) is 14.2 Å². The fourth-order valence-corrected chi connectivity index (χ4v) is 4.83. The molecule has 3 aromatic heterocycles. The summed E-state index contributed by atoms with van der Waals surface area (Å²) < 4.78 is 33.9. The number of carbonyl (C=O) groups excluding carboxylic acids is 1. The monoisotopic (exact) mass is 612 g/mol. The van der Waals surface area contributed by atoms with Gasteiger partial charge in [0.25, 0.3) is 0 Å². The van der Waals surface area contributed by atoms with E-state index in [0.29, 0.717) is 58.6 Å². The first kappa shape index (κ1) is 29.6. The summed E-state index contributed by atoms with van der Waals surface area (Å²) in [6.07, 6.45) is 4.62. The van der Waals surface area contributed by atoms with Gasteiger partial charge < -0.3 is 29.7 Å². The number of nitrogens with zero attached hydrogens (tertiary/aromatic N) is 6. The molecule has 1 amide bonds. The zero-order valence-corrected chi connectivity index (χ0v) is 25.5. The van der Waals surface area contributed by atoms with Gasteiger partial charge in [0.2, 0.25) is 5.88 Å². The van der Waals surface area contributed by atoms with Crippen LogP contribution in [0, 0.1) is 5.82 Å². The number of ether oxygens (including phenoxy) is 3. The summed E-state index contributed by atoms with van der Waals surface area (Å²) in [6.45, 7) is 6.47. The van der Waals surface area contributed by atoms with Crippen LogP contribution in [0.25, 0.3) is 22.2 Å². The standard InChI is InChI=1S/C32H33FN8O4/c1-32(2,3)45-31(42)41-16-20(17-41)37-27-12-22-26(13-28(27)43-5)34-18-35-30(22)39-25-10-9-21(11-23(25)33)44-29-8-6-7-24(38-29)19-14-36-40(4)15-19/h6-15,18,20,37H,16-17H2,1-5H3,(H,34,35,39). The van der Waals surface area contributed by atoms with Gasteiger partial charge in [-0.05, 0) is 45.0 Å². The average molecular weight is 613 g/mol. The third-order valence-electron chi connectivity index (χ3n) is 6.99. The average Bonchev–Trinajstić information content (AvgIpc) is 3.41. The maximum Gasteiger partial charge on any atom is 0.410 e. The van der Waals surface area contributed by atoms with Crippen molar-refractivity contribution in [1.29, 1.82) is 0 Å². The number of benzene rings is 2. The van der Waals surface area contributed by atoms with Gasteiger partial charge in [0.1, 0.15) is 35.1 Å². The Morgan fingerprint density at radius 1 is 1.07 bits per heavy atom. The molecule has 232 valence electrons. The minimum absolute atomic E-state index is 0.00515. The number of methoxy groups -OCH3 is 1. The Labute approximate surface area is 259 Å². The first-order chi connectivity index (χ1) is 21.5. The van der Waals surface area contributed by atoms with Gasteiger partial charge >= 0.3 is 6.09 Å². The lowest BCUT2D eigenvalue weighted by Crippen LogP contribution is -2.57. The Bertz CT molecular complexity index is 1870. The smallest absolute Gasteiger partial charge is 0.410 e. The van der Waals surface area contributed by atoms with E-state index in [1.807, 2.05) is 52.2 Å². The van der Waals surface area contributed by atoms with E-state index in [0.717, 1.165) is 5.56 Å². The number of amides is 1. The lowest BCUT2D eigenvalue weighted by molar-refractivity contribution is 0.0105. The summed E-state index contributed by atoms with van der Waals surface area (Å²) in [5, 5.41) is 11.3. The number of likely N-dealkylation sites (tertiary alicyclic amines) is 1. The van der Waals surface area contributed by atoms with Crippen molar-refractivity contribution in [3.63, 3.8) is 0 Å². The normalized spacial score (nSPS) is 13.3. The van der Waals surface area contributed by atoms with Crippen molar-refractivity contribution in [1.82, 2.24) is 29.6 Å². The zero-order valence-electron chi connectivity index (χ0n) is 25.5. The third-order valence-corrected chi connectivity index (χ3v) is 6.99. The zero-order chi connectivity index (χ0) is 31.7. The summed E-state index contributed by atoms with van der Waals surface area (Å²) in [4.78, 5) is 27.2. The molecule has 12 nitrogen and oxygen atoms in total. The number of nitrogens with one attached hydrogen (secondary N) is 2. The summed E-state index contributed by atoms with van der Waals surface area (Å²) >= 11 is 0. The lowest BCUT2D eigenvalue weighted by Gasteiger charge is -2.40. The number of halogens is 1. The maximum absolute atomic E-state index is 15.3. The molecule has 1 fully saturated rings. The topological polar surface area (TPSA) is 129 Å². The molecule has 2 aromatic carbocycles. The van der Waals surface area contributed by atoms with Gasteiger partial charge in [-0.1, -0.05) is 6.07 Å². The molecule has 0 aliphatic carbocycles. The highest BCUT2D eigenvalue weighted by Crippen LogP contribution is 2.35.